The second-order valence-electron chi connectivity index (χ2n) is 4.17. The second-order valence-corrected chi connectivity index (χ2v) is 4.17. The minimum Gasteiger partial charge on any atom is -0.419 e. The number of amides is 1. The van der Waals surface area contributed by atoms with Gasteiger partial charge in [-0.05, 0) is 24.3 Å². The number of nitrogens with one attached hydrogen (secondary N) is 1. The van der Waals surface area contributed by atoms with Crippen LogP contribution in [-0.4, -0.2) is 26.1 Å². The maximum Gasteiger partial charge on any atom is 0.253 e. The average Bonchev–Trinajstić information content (AvgIpc) is 3.03. The number of pyridine rings is 2. The van der Waals surface area contributed by atoms with Crippen LogP contribution >= 0.6 is 0 Å². The number of nitrogens with zero attached hydrogens (tertiary/aromatic N) is 4. The molecular formula is C14H11N5O2. The first kappa shape index (κ1) is 12.9. The molecule has 0 aliphatic heterocycles. The van der Waals surface area contributed by atoms with Crippen LogP contribution in [-0.2, 0) is 6.54 Å². The maximum atomic E-state index is 11.8. The van der Waals surface area contributed by atoms with Crippen LogP contribution in [0.5, 0.6) is 0 Å². The van der Waals surface area contributed by atoms with Crippen LogP contribution in [0.4, 0.5) is 0 Å². The molecule has 21 heavy (non-hydrogen) atoms. The van der Waals surface area contributed by atoms with Gasteiger partial charge in [0.15, 0.2) is 0 Å². The van der Waals surface area contributed by atoms with E-state index in [0.29, 0.717) is 17.3 Å². The molecule has 0 radical (unpaired) electrons. The van der Waals surface area contributed by atoms with Crippen LogP contribution in [0.3, 0.4) is 0 Å². The predicted octanol–water partition coefficient (Wildman–Crippen LogP) is 1.46. The van der Waals surface area contributed by atoms with Gasteiger partial charge in [0.25, 0.3) is 5.91 Å². The summed E-state index contributed by atoms with van der Waals surface area (Å²) in [5, 5.41) is 10.5. The Morgan fingerprint density at radius 2 is 1.90 bits per heavy atom. The highest BCUT2D eigenvalue weighted by atomic mass is 16.4. The molecule has 0 unspecified atom stereocenters. The zero-order chi connectivity index (χ0) is 14.5. The van der Waals surface area contributed by atoms with Crippen LogP contribution in [0.1, 0.15) is 16.2 Å². The highest BCUT2D eigenvalue weighted by molar-refractivity contribution is 5.93. The van der Waals surface area contributed by atoms with E-state index in [2.05, 4.69) is 25.5 Å². The molecular weight excluding hydrogens is 270 g/mol. The van der Waals surface area contributed by atoms with Crippen molar-refractivity contribution < 1.29 is 9.21 Å². The number of carbonyl (C=O) groups excluding carboxylic acids is 1. The van der Waals surface area contributed by atoms with Gasteiger partial charge in [-0.2, -0.15) is 0 Å². The number of carbonyl (C=O) groups is 1. The van der Waals surface area contributed by atoms with Gasteiger partial charge in [0.2, 0.25) is 11.8 Å². The molecule has 0 spiro atoms. The van der Waals surface area contributed by atoms with Crippen molar-refractivity contribution in [3.63, 3.8) is 0 Å². The molecule has 0 saturated carbocycles. The normalized spacial score (nSPS) is 10.3. The maximum absolute atomic E-state index is 11.8. The van der Waals surface area contributed by atoms with Crippen LogP contribution in [0.2, 0.25) is 0 Å². The van der Waals surface area contributed by atoms with Crippen LogP contribution in [0.15, 0.2) is 53.5 Å². The molecule has 3 rings (SSSR count). The van der Waals surface area contributed by atoms with Crippen molar-refractivity contribution in [3.8, 4) is 11.5 Å². The monoisotopic (exact) mass is 281 g/mol. The summed E-state index contributed by atoms with van der Waals surface area (Å²) in [6, 6.07) is 6.97. The fourth-order valence-electron chi connectivity index (χ4n) is 1.69. The van der Waals surface area contributed by atoms with Crippen LogP contribution < -0.4 is 5.32 Å². The summed E-state index contributed by atoms with van der Waals surface area (Å²) in [4.78, 5) is 19.7. The zero-order valence-corrected chi connectivity index (χ0v) is 10.9. The molecule has 3 aromatic heterocycles. The van der Waals surface area contributed by atoms with Crippen molar-refractivity contribution in [2.45, 2.75) is 6.54 Å². The van der Waals surface area contributed by atoms with E-state index in [0.717, 1.165) is 5.56 Å². The third-order valence-corrected chi connectivity index (χ3v) is 2.70. The number of hydrogen-bond acceptors (Lipinski definition) is 6. The van der Waals surface area contributed by atoms with E-state index in [1.807, 2.05) is 6.07 Å². The molecule has 1 N–H and O–H groups in total. The van der Waals surface area contributed by atoms with E-state index >= 15 is 0 Å². The summed E-state index contributed by atoms with van der Waals surface area (Å²) < 4.78 is 5.46. The number of rotatable bonds is 4. The molecule has 1 amide bonds. The van der Waals surface area contributed by atoms with Gasteiger partial charge in [-0.15, -0.1) is 10.2 Å². The third kappa shape index (κ3) is 3.08. The van der Waals surface area contributed by atoms with E-state index in [4.69, 9.17) is 4.42 Å². The molecule has 0 aromatic carbocycles. The Labute approximate surface area is 120 Å². The second kappa shape index (κ2) is 5.91. The van der Waals surface area contributed by atoms with Crippen molar-refractivity contribution in [1.82, 2.24) is 25.5 Å². The lowest BCUT2D eigenvalue weighted by molar-refractivity contribution is 0.0947. The first-order chi connectivity index (χ1) is 10.3. The van der Waals surface area contributed by atoms with E-state index in [1.165, 1.54) is 6.20 Å². The first-order valence-electron chi connectivity index (χ1n) is 6.24. The molecule has 104 valence electrons. The SMILES string of the molecule is O=C(NCc1nnc(-c2cccnc2)o1)c1cccnc1. The van der Waals surface area contributed by atoms with Crippen LogP contribution in [0, 0.1) is 0 Å². The highest BCUT2D eigenvalue weighted by Gasteiger charge is 2.10. The van der Waals surface area contributed by atoms with Crippen molar-refractivity contribution in [2.75, 3.05) is 0 Å². The lowest BCUT2D eigenvalue weighted by Gasteiger charge is -2.01. The fourth-order valence-corrected chi connectivity index (χ4v) is 1.69. The molecule has 3 aromatic rings. The molecule has 0 fully saturated rings. The first-order valence-corrected chi connectivity index (χ1v) is 6.24. The van der Waals surface area contributed by atoms with Gasteiger partial charge in [-0.1, -0.05) is 0 Å². The molecule has 7 nitrogen and oxygen atoms in total. The minimum absolute atomic E-state index is 0.154. The lowest BCUT2D eigenvalue weighted by Crippen LogP contribution is -2.23. The number of hydrogen-bond donors (Lipinski definition) is 1. The van der Waals surface area contributed by atoms with E-state index < -0.39 is 0 Å². The predicted molar refractivity (Wildman–Crippen MR) is 72.9 cm³/mol. The Bertz CT molecular complexity index is 727. The van der Waals surface area contributed by atoms with Gasteiger partial charge in [0.05, 0.1) is 17.7 Å². The third-order valence-electron chi connectivity index (χ3n) is 2.70. The summed E-state index contributed by atoms with van der Waals surface area (Å²) in [5.74, 6) is 0.448. The summed E-state index contributed by atoms with van der Waals surface area (Å²) in [5.41, 5.74) is 1.21. The van der Waals surface area contributed by atoms with Gasteiger partial charge in [-0.25, -0.2) is 0 Å². The molecule has 0 saturated heterocycles. The molecule has 0 bridgehead atoms. The summed E-state index contributed by atoms with van der Waals surface area (Å²) >= 11 is 0. The van der Waals surface area contributed by atoms with E-state index in [-0.39, 0.29) is 12.5 Å². The Balaban J connectivity index is 1.64. The highest BCUT2D eigenvalue weighted by Crippen LogP contribution is 2.15. The molecule has 0 aliphatic rings. The van der Waals surface area contributed by atoms with E-state index in [1.54, 1.807) is 36.8 Å². The van der Waals surface area contributed by atoms with Gasteiger partial charge >= 0.3 is 0 Å². The van der Waals surface area contributed by atoms with Crippen molar-refractivity contribution in [2.24, 2.45) is 0 Å². The van der Waals surface area contributed by atoms with Gasteiger partial charge in [0.1, 0.15) is 0 Å². The summed E-state index contributed by atoms with van der Waals surface area (Å²) in [7, 11) is 0. The standard InChI is InChI=1S/C14H11N5O2/c20-13(10-3-1-5-15-7-10)17-9-12-18-19-14(21-12)11-4-2-6-16-8-11/h1-8H,9H2,(H,17,20). The Kier molecular flexibility index (Phi) is 3.64. The zero-order valence-electron chi connectivity index (χ0n) is 10.9. The molecule has 3 heterocycles. The van der Waals surface area contributed by atoms with Crippen molar-refractivity contribution in [3.05, 3.63) is 60.5 Å². The Morgan fingerprint density at radius 1 is 1.10 bits per heavy atom. The number of aromatic nitrogens is 4. The molecule has 7 heteroatoms. The summed E-state index contributed by atoms with van der Waals surface area (Å²) in [6.45, 7) is 0.154. The van der Waals surface area contributed by atoms with Crippen molar-refractivity contribution >= 4 is 5.91 Å². The molecule has 0 aliphatic carbocycles. The Hall–Kier alpha value is -3.09. The van der Waals surface area contributed by atoms with Gasteiger partial charge < -0.3 is 9.73 Å². The topological polar surface area (TPSA) is 93.8 Å². The lowest BCUT2D eigenvalue weighted by atomic mass is 10.3. The fraction of sp³-hybridized carbons (Fsp3) is 0.0714. The Morgan fingerprint density at radius 3 is 2.62 bits per heavy atom. The van der Waals surface area contributed by atoms with Crippen molar-refractivity contribution in [1.29, 1.82) is 0 Å². The minimum atomic E-state index is -0.246. The molecule has 0 atom stereocenters. The van der Waals surface area contributed by atoms with Gasteiger partial charge in [0, 0.05) is 24.8 Å². The van der Waals surface area contributed by atoms with E-state index in [9.17, 15) is 4.79 Å². The quantitative estimate of drug-likeness (QED) is 0.778. The van der Waals surface area contributed by atoms with Crippen LogP contribution in [0.25, 0.3) is 11.5 Å². The largest absolute Gasteiger partial charge is 0.419 e. The van der Waals surface area contributed by atoms with Gasteiger partial charge in [-0.3, -0.25) is 14.8 Å². The smallest absolute Gasteiger partial charge is 0.253 e. The summed E-state index contributed by atoms with van der Waals surface area (Å²) in [6.07, 6.45) is 6.39. The average molecular weight is 281 g/mol.